The van der Waals surface area contributed by atoms with Crippen LogP contribution in [-0.2, 0) is 19.1 Å². The highest BCUT2D eigenvalue weighted by Gasteiger charge is 2.43. The van der Waals surface area contributed by atoms with Crippen LogP contribution in [0.25, 0.3) is 0 Å². The third kappa shape index (κ3) is 6.61. The summed E-state index contributed by atoms with van der Waals surface area (Å²) in [7, 11) is 0. The van der Waals surface area contributed by atoms with Crippen molar-refractivity contribution in [3.05, 3.63) is 29.8 Å². The van der Waals surface area contributed by atoms with Crippen molar-refractivity contribution in [3.8, 4) is 5.75 Å². The molecule has 0 spiro atoms. The first-order valence-corrected chi connectivity index (χ1v) is 6.72. The maximum absolute atomic E-state index is 12.3. The second-order valence-corrected chi connectivity index (χ2v) is 4.79. The second kappa shape index (κ2) is 8.06. The fraction of sp³-hybridized carbons (Fsp3) is 0.357. The Morgan fingerprint density at radius 2 is 1.46 bits per heavy atom. The summed E-state index contributed by atoms with van der Waals surface area (Å²) >= 11 is 0. The van der Waals surface area contributed by atoms with Crippen molar-refractivity contribution >= 4 is 17.8 Å². The molecule has 1 atom stereocenters. The Morgan fingerprint density at radius 3 is 1.88 bits per heavy atom. The SMILES string of the molecule is CC(=O)NCC(OC(=O)C(F)(F)F)c1ccc(OC(=O)C(F)(F)F)cc1. The van der Waals surface area contributed by atoms with Crippen LogP contribution >= 0.6 is 0 Å². The maximum atomic E-state index is 12.3. The van der Waals surface area contributed by atoms with E-state index in [1.807, 2.05) is 0 Å². The number of esters is 2. The van der Waals surface area contributed by atoms with Gasteiger partial charge in [0.25, 0.3) is 0 Å². The smallest absolute Gasteiger partial charge is 0.449 e. The first-order valence-electron chi connectivity index (χ1n) is 6.72. The standard InChI is InChI=1S/C14H11F6NO5/c1-7(22)21-6-10(26-12(24)14(18,19)20)8-2-4-9(5-3-8)25-11(23)13(15,16)17/h2-5,10H,6H2,1H3,(H,21,22). The number of carbonyl (C=O) groups is 3. The number of carbonyl (C=O) groups excluding carboxylic acids is 3. The molecule has 1 N–H and O–H groups in total. The van der Waals surface area contributed by atoms with Crippen molar-refractivity contribution in [2.24, 2.45) is 0 Å². The molecule has 1 rings (SSSR count). The minimum Gasteiger partial charge on any atom is -0.449 e. The van der Waals surface area contributed by atoms with Gasteiger partial charge in [0.05, 0.1) is 6.54 Å². The zero-order chi connectivity index (χ0) is 20.1. The lowest BCUT2D eigenvalue weighted by atomic mass is 10.1. The molecule has 0 radical (unpaired) electrons. The Bertz CT molecular complexity index is 668. The van der Waals surface area contributed by atoms with Gasteiger partial charge in [-0.15, -0.1) is 0 Å². The Hall–Kier alpha value is -2.79. The highest BCUT2D eigenvalue weighted by molar-refractivity contribution is 5.78. The lowest BCUT2D eigenvalue weighted by Crippen LogP contribution is -2.33. The number of amides is 1. The summed E-state index contributed by atoms with van der Waals surface area (Å²) in [6, 6.07) is 3.69. The lowest BCUT2D eigenvalue weighted by Gasteiger charge is -2.19. The number of nitrogens with one attached hydrogen (secondary N) is 1. The Labute approximate surface area is 142 Å². The van der Waals surface area contributed by atoms with Gasteiger partial charge in [-0.2, -0.15) is 26.3 Å². The van der Waals surface area contributed by atoms with Gasteiger partial charge in [-0.25, -0.2) is 9.59 Å². The molecular formula is C14H11F6NO5. The number of ether oxygens (including phenoxy) is 2. The van der Waals surface area contributed by atoms with Gasteiger partial charge >= 0.3 is 24.3 Å². The van der Waals surface area contributed by atoms with Gasteiger partial charge in [0.15, 0.2) is 0 Å². The first-order chi connectivity index (χ1) is 11.8. The molecule has 26 heavy (non-hydrogen) atoms. The van der Waals surface area contributed by atoms with Crippen LogP contribution in [0.15, 0.2) is 24.3 Å². The third-order valence-corrected chi connectivity index (χ3v) is 2.71. The van der Waals surface area contributed by atoms with Gasteiger partial charge in [-0.3, -0.25) is 4.79 Å². The van der Waals surface area contributed by atoms with E-state index in [9.17, 15) is 40.7 Å². The highest BCUT2D eigenvalue weighted by atomic mass is 19.4. The van der Waals surface area contributed by atoms with Crippen LogP contribution in [-0.4, -0.2) is 36.7 Å². The predicted molar refractivity (Wildman–Crippen MR) is 71.7 cm³/mol. The molecule has 0 saturated heterocycles. The molecule has 144 valence electrons. The van der Waals surface area contributed by atoms with Gasteiger partial charge in [-0.05, 0) is 17.7 Å². The van der Waals surface area contributed by atoms with E-state index in [2.05, 4.69) is 14.8 Å². The van der Waals surface area contributed by atoms with Crippen LogP contribution in [0.2, 0.25) is 0 Å². The van der Waals surface area contributed by atoms with E-state index in [-0.39, 0.29) is 5.56 Å². The normalized spacial score (nSPS) is 12.9. The largest absolute Gasteiger partial charge is 0.491 e. The van der Waals surface area contributed by atoms with Crippen molar-refractivity contribution in [2.45, 2.75) is 25.4 Å². The summed E-state index contributed by atoms with van der Waals surface area (Å²) in [6.07, 6.45) is -12.1. The molecule has 0 aromatic heterocycles. The van der Waals surface area contributed by atoms with Gasteiger partial charge in [0.1, 0.15) is 11.9 Å². The summed E-state index contributed by atoms with van der Waals surface area (Å²) in [6.45, 7) is 0.557. The molecular weight excluding hydrogens is 376 g/mol. The van der Waals surface area contributed by atoms with E-state index in [0.29, 0.717) is 0 Å². The summed E-state index contributed by atoms with van der Waals surface area (Å²) in [5.41, 5.74) is -0.0804. The van der Waals surface area contributed by atoms with E-state index in [1.54, 1.807) is 0 Å². The molecule has 12 heteroatoms. The first kappa shape index (κ1) is 21.3. The summed E-state index contributed by atoms with van der Waals surface area (Å²) in [5.74, 6) is -6.14. The maximum Gasteiger partial charge on any atom is 0.491 e. The molecule has 0 heterocycles. The monoisotopic (exact) mass is 387 g/mol. The van der Waals surface area contributed by atoms with Crippen LogP contribution < -0.4 is 10.1 Å². The molecule has 1 amide bonds. The average Bonchev–Trinajstić information content (AvgIpc) is 2.50. The molecule has 1 aromatic carbocycles. The van der Waals surface area contributed by atoms with Gasteiger partial charge in [0.2, 0.25) is 5.91 Å². The molecule has 0 aliphatic carbocycles. The van der Waals surface area contributed by atoms with Crippen LogP contribution in [0.3, 0.4) is 0 Å². The number of hydrogen-bond donors (Lipinski definition) is 1. The van der Waals surface area contributed by atoms with Crippen molar-refractivity contribution in [1.82, 2.24) is 5.32 Å². The highest BCUT2D eigenvalue weighted by Crippen LogP contribution is 2.26. The molecule has 0 aliphatic heterocycles. The molecule has 6 nitrogen and oxygen atoms in total. The van der Waals surface area contributed by atoms with Crippen LogP contribution in [0.1, 0.15) is 18.6 Å². The Morgan fingerprint density at radius 1 is 0.962 bits per heavy atom. The summed E-state index contributed by atoms with van der Waals surface area (Å²) in [5, 5.41) is 2.15. The molecule has 0 fully saturated rings. The molecule has 0 aliphatic rings. The van der Waals surface area contributed by atoms with Gasteiger partial charge < -0.3 is 14.8 Å². The molecule has 0 saturated carbocycles. The Kier molecular flexibility index (Phi) is 6.59. The van der Waals surface area contributed by atoms with E-state index < -0.39 is 48.6 Å². The summed E-state index contributed by atoms with van der Waals surface area (Å²) < 4.78 is 81.5. The molecule has 1 aromatic rings. The average molecular weight is 387 g/mol. The predicted octanol–water partition coefficient (Wildman–Crippen LogP) is 2.44. The number of rotatable bonds is 5. The Balaban J connectivity index is 2.94. The molecule has 1 unspecified atom stereocenters. The summed E-state index contributed by atoms with van der Waals surface area (Å²) in [4.78, 5) is 32.6. The van der Waals surface area contributed by atoms with E-state index in [4.69, 9.17) is 0 Å². The van der Waals surface area contributed by atoms with Crippen molar-refractivity contribution in [2.75, 3.05) is 6.54 Å². The second-order valence-electron chi connectivity index (χ2n) is 4.79. The fourth-order valence-electron chi connectivity index (χ4n) is 1.58. The third-order valence-electron chi connectivity index (χ3n) is 2.71. The number of halogens is 6. The van der Waals surface area contributed by atoms with Crippen molar-refractivity contribution in [3.63, 3.8) is 0 Å². The number of benzene rings is 1. The van der Waals surface area contributed by atoms with Crippen molar-refractivity contribution < 1.29 is 50.2 Å². The lowest BCUT2D eigenvalue weighted by molar-refractivity contribution is -0.205. The van der Waals surface area contributed by atoms with Gasteiger partial charge in [-0.1, -0.05) is 12.1 Å². The van der Waals surface area contributed by atoms with Crippen LogP contribution in [0.5, 0.6) is 5.75 Å². The topological polar surface area (TPSA) is 81.7 Å². The minimum absolute atomic E-state index is 0.0804. The van der Waals surface area contributed by atoms with Crippen LogP contribution in [0, 0.1) is 0 Å². The van der Waals surface area contributed by atoms with E-state index >= 15 is 0 Å². The van der Waals surface area contributed by atoms with Gasteiger partial charge in [0, 0.05) is 6.92 Å². The van der Waals surface area contributed by atoms with Crippen molar-refractivity contribution in [1.29, 1.82) is 0 Å². The zero-order valence-corrected chi connectivity index (χ0v) is 12.9. The minimum atomic E-state index is -5.28. The quantitative estimate of drug-likeness (QED) is 0.477. The van der Waals surface area contributed by atoms with E-state index in [0.717, 1.165) is 31.2 Å². The fourth-order valence-corrected chi connectivity index (χ4v) is 1.58. The number of alkyl halides is 6. The number of hydrogen-bond acceptors (Lipinski definition) is 5. The molecule has 0 bridgehead atoms. The van der Waals surface area contributed by atoms with Crippen LogP contribution in [0.4, 0.5) is 26.3 Å². The van der Waals surface area contributed by atoms with E-state index in [1.165, 1.54) is 0 Å². The zero-order valence-electron chi connectivity index (χ0n) is 12.9.